The van der Waals surface area contributed by atoms with Gasteiger partial charge in [0.2, 0.25) is 5.78 Å². The summed E-state index contributed by atoms with van der Waals surface area (Å²) in [5, 5.41) is 59.4. The second-order valence-corrected chi connectivity index (χ2v) is 10.6. The number of nitrogens with one attached hydrogen (secondary N) is 1. The van der Waals surface area contributed by atoms with E-state index in [0.717, 1.165) is 20.1 Å². The number of terminal acetylenes is 1. The number of aromatic hydroxyl groups is 2. The van der Waals surface area contributed by atoms with Crippen molar-refractivity contribution in [3.05, 3.63) is 58.2 Å². The zero-order chi connectivity index (χ0) is 31.8. The number of ether oxygens (including phenoxy) is 3. The number of phenolic OH excluding ortho intramolecular Hbond substituents is 2. The molecule has 2 aliphatic carbocycles. The zero-order valence-electron chi connectivity index (χ0n) is 23.1. The molecule has 0 aromatic heterocycles. The molecule has 6 N–H and O–H groups in total. The maximum absolute atomic E-state index is 14.1. The Bertz CT molecular complexity index is 1900. The smallest absolute Gasteiger partial charge is 0.337 e. The molecule has 12 nitrogen and oxygen atoms in total. The molecule has 2 bridgehead atoms. The first-order chi connectivity index (χ1) is 20.9. The quantitative estimate of drug-likeness (QED) is 0.0988. The molecule has 6 atom stereocenters. The number of carbonyl (C=O) groups is 3. The van der Waals surface area contributed by atoms with Crippen molar-refractivity contribution in [3.8, 4) is 53.3 Å². The fourth-order valence-electron chi connectivity index (χ4n) is 6.36. The first-order valence-corrected chi connectivity index (χ1v) is 13.1. The van der Waals surface area contributed by atoms with Crippen molar-refractivity contribution in [2.75, 3.05) is 19.0 Å². The van der Waals surface area contributed by atoms with Gasteiger partial charge in [-0.2, -0.15) is 0 Å². The van der Waals surface area contributed by atoms with E-state index in [1.807, 2.05) is 0 Å². The number of phenols is 2. The third-order valence-electron chi connectivity index (χ3n) is 8.40. The van der Waals surface area contributed by atoms with E-state index in [9.17, 15) is 39.9 Å². The molecular weight excluding hydrogens is 574 g/mol. The summed E-state index contributed by atoms with van der Waals surface area (Å²) in [4.78, 5) is 40.3. The lowest BCUT2D eigenvalue weighted by molar-refractivity contribution is -0.174. The number of hydrogen-bond acceptors (Lipinski definition) is 12. The fraction of sp³-hybridized carbons (Fsp3) is 0.281. The molecule has 44 heavy (non-hydrogen) atoms. The number of rotatable bonds is 5. The summed E-state index contributed by atoms with van der Waals surface area (Å²) in [7, 11) is 0.999. The number of carbonyl (C=O) groups excluding carboxylic acids is 3. The van der Waals surface area contributed by atoms with Crippen molar-refractivity contribution in [3.63, 3.8) is 0 Å². The number of aliphatic hydroxyl groups excluding tert-OH is 2. The third kappa shape index (κ3) is 3.44. The highest BCUT2D eigenvalue weighted by Crippen LogP contribution is 2.70. The number of hydrogen-bond donors (Lipinski definition) is 6. The SMILES string of the molecule is C#CCOc1ccc2c(c1O)C(=O)c1c3c(cc(O)c1C2=O)[C@@]12O[C@@]1([C@](C)(O)[C@@H](O)C(=O)OC)[C@H](C#C/C=C\C#C[C@H]2O)N3. The topological polar surface area (TPSA) is 195 Å². The van der Waals surface area contributed by atoms with Crippen LogP contribution >= 0.6 is 0 Å². The van der Waals surface area contributed by atoms with Gasteiger partial charge in [0.15, 0.2) is 40.7 Å². The van der Waals surface area contributed by atoms with Crippen molar-refractivity contribution in [1.82, 2.24) is 0 Å². The summed E-state index contributed by atoms with van der Waals surface area (Å²) in [6.45, 7) is 0.841. The molecule has 0 saturated carbocycles. The summed E-state index contributed by atoms with van der Waals surface area (Å²) in [6.07, 6.45) is 3.92. The van der Waals surface area contributed by atoms with E-state index in [2.05, 4.69) is 39.7 Å². The molecule has 0 amide bonds. The van der Waals surface area contributed by atoms with Gasteiger partial charge in [0.1, 0.15) is 24.0 Å². The van der Waals surface area contributed by atoms with E-state index in [1.165, 1.54) is 24.3 Å². The molecule has 1 saturated heterocycles. The van der Waals surface area contributed by atoms with Crippen LogP contribution in [0.1, 0.15) is 44.3 Å². The summed E-state index contributed by atoms with van der Waals surface area (Å²) in [5.74, 6) is 8.48. The van der Waals surface area contributed by atoms with Crippen molar-refractivity contribution < 1.29 is 54.1 Å². The Balaban J connectivity index is 1.64. The van der Waals surface area contributed by atoms with Crippen LogP contribution in [-0.4, -0.2) is 86.2 Å². The van der Waals surface area contributed by atoms with E-state index < -0.39 is 80.8 Å². The van der Waals surface area contributed by atoms with Gasteiger partial charge in [-0.1, -0.05) is 29.6 Å². The van der Waals surface area contributed by atoms with Crippen LogP contribution < -0.4 is 10.1 Å². The second-order valence-electron chi connectivity index (χ2n) is 10.6. The summed E-state index contributed by atoms with van der Waals surface area (Å²) < 4.78 is 16.1. The van der Waals surface area contributed by atoms with Crippen LogP contribution in [0.5, 0.6) is 17.2 Å². The van der Waals surface area contributed by atoms with E-state index in [0.29, 0.717) is 0 Å². The first kappa shape index (κ1) is 28.8. The van der Waals surface area contributed by atoms with Gasteiger partial charge >= 0.3 is 5.97 Å². The number of ketones is 2. The van der Waals surface area contributed by atoms with E-state index in [1.54, 1.807) is 0 Å². The summed E-state index contributed by atoms with van der Waals surface area (Å²) in [6, 6.07) is 2.21. The van der Waals surface area contributed by atoms with Crippen molar-refractivity contribution in [2.24, 2.45) is 0 Å². The number of anilines is 1. The first-order valence-electron chi connectivity index (χ1n) is 13.1. The molecule has 1 fully saturated rings. The van der Waals surface area contributed by atoms with Gasteiger partial charge in [0, 0.05) is 11.1 Å². The Morgan fingerprint density at radius 1 is 1.18 bits per heavy atom. The molecule has 0 radical (unpaired) electrons. The third-order valence-corrected chi connectivity index (χ3v) is 8.40. The summed E-state index contributed by atoms with van der Waals surface area (Å²) in [5.41, 5.74) is -8.49. The van der Waals surface area contributed by atoms with Gasteiger partial charge in [0.25, 0.3) is 0 Å². The van der Waals surface area contributed by atoms with Gasteiger partial charge < -0.3 is 45.1 Å². The van der Waals surface area contributed by atoms with Crippen molar-refractivity contribution >= 4 is 23.2 Å². The fourth-order valence-corrected chi connectivity index (χ4v) is 6.36. The van der Waals surface area contributed by atoms with Crippen LogP contribution in [0.4, 0.5) is 5.69 Å². The normalized spacial score (nSPS) is 27.7. The molecule has 2 aromatic rings. The highest BCUT2D eigenvalue weighted by atomic mass is 16.7. The van der Waals surface area contributed by atoms with E-state index in [4.69, 9.17) is 15.9 Å². The van der Waals surface area contributed by atoms with Crippen LogP contribution in [0, 0.1) is 36.0 Å². The Kier molecular flexibility index (Phi) is 6.29. The van der Waals surface area contributed by atoms with Crippen LogP contribution in [-0.2, 0) is 19.9 Å². The number of aliphatic hydroxyl groups is 3. The predicted octanol–water partition coefficient (Wildman–Crippen LogP) is -0.134. The molecule has 4 aliphatic rings. The predicted molar refractivity (Wildman–Crippen MR) is 150 cm³/mol. The van der Waals surface area contributed by atoms with Crippen LogP contribution in [0.3, 0.4) is 0 Å². The monoisotopic (exact) mass is 597 g/mol. The van der Waals surface area contributed by atoms with E-state index in [-0.39, 0.29) is 29.2 Å². The van der Waals surface area contributed by atoms with E-state index >= 15 is 0 Å². The molecule has 0 unspecified atom stereocenters. The Morgan fingerprint density at radius 2 is 1.89 bits per heavy atom. The average molecular weight is 598 g/mol. The number of esters is 1. The number of methoxy groups -OCH3 is 1. The van der Waals surface area contributed by atoms with Crippen LogP contribution in [0.2, 0.25) is 0 Å². The average Bonchev–Trinajstić information content (AvgIpc) is 3.74. The largest absolute Gasteiger partial charge is 0.507 e. The molecule has 222 valence electrons. The molecule has 2 aliphatic heterocycles. The minimum atomic E-state index is -2.53. The van der Waals surface area contributed by atoms with Crippen molar-refractivity contribution in [2.45, 2.75) is 42.0 Å². The highest BCUT2D eigenvalue weighted by molar-refractivity contribution is 6.32. The molecular formula is C32H23NO11. The second kappa shape index (κ2) is 9.61. The van der Waals surface area contributed by atoms with Crippen molar-refractivity contribution in [1.29, 1.82) is 0 Å². The lowest BCUT2D eigenvalue weighted by Crippen LogP contribution is -2.66. The van der Waals surface area contributed by atoms with Gasteiger partial charge in [-0.15, -0.1) is 6.42 Å². The lowest BCUT2D eigenvalue weighted by Gasteiger charge is -2.43. The zero-order valence-corrected chi connectivity index (χ0v) is 23.1. The Morgan fingerprint density at radius 3 is 2.57 bits per heavy atom. The standard InChI is InChI=1S/C32H23NO11/c1-4-13-43-18-12-11-15-21(26(18)37)27(38)23-22(25(15)36)17(34)14-16-24(23)33-19-9-7-5-6-8-10-20(35)31(16)32(19,44-31)30(2,41)28(39)29(40)42-3/h1,5-6,11-12,14,19-20,28,33-35,37,39,41H,13H2,2-3H3/b6-5-/t19-,20+,28-,30+,31-,32+/m0/s1. The maximum atomic E-state index is 14.1. The molecule has 2 aromatic carbocycles. The number of fused-ring (bicyclic) bond motifs is 4. The molecule has 6 rings (SSSR count). The van der Waals surface area contributed by atoms with Crippen LogP contribution in [0.15, 0.2) is 30.4 Å². The van der Waals surface area contributed by atoms with Gasteiger partial charge in [-0.3, -0.25) is 9.59 Å². The van der Waals surface area contributed by atoms with Gasteiger partial charge in [0.05, 0.1) is 29.5 Å². The Labute approximate surface area is 249 Å². The number of epoxide rings is 1. The highest BCUT2D eigenvalue weighted by Gasteiger charge is 2.87. The maximum Gasteiger partial charge on any atom is 0.337 e. The molecule has 0 spiro atoms. The minimum absolute atomic E-state index is 0.127. The molecule has 2 heterocycles. The van der Waals surface area contributed by atoms with Crippen LogP contribution in [0.25, 0.3) is 0 Å². The molecule has 12 heteroatoms. The van der Waals surface area contributed by atoms with Gasteiger partial charge in [-0.05, 0) is 37.3 Å². The van der Waals surface area contributed by atoms with Gasteiger partial charge in [-0.25, -0.2) is 4.79 Å². The number of benzene rings is 2. The lowest BCUT2D eigenvalue weighted by atomic mass is 9.64. The summed E-state index contributed by atoms with van der Waals surface area (Å²) >= 11 is 0. The Hall–Kier alpha value is -5.29. The minimum Gasteiger partial charge on any atom is -0.507 e. The number of allylic oxidation sites excluding steroid dienone is 2.